The molecule has 0 unspecified atom stereocenters. The van der Waals surface area contributed by atoms with Crippen LogP contribution in [-0.4, -0.2) is 0 Å². The second kappa shape index (κ2) is 13.6. The van der Waals surface area contributed by atoms with Crippen molar-refractivity contribution in [2.75, 3.05) is 9.80 Å². The lowest BCUT2D eigenvalue weighted by atomic mass is 9.81. The Morgan fingerprint density at radius 2 is 0.774 bits per heavy atom. The summed E-state index contributed by atoms with van der Waals surface area (Å²) in [5.41, 5.74) is 17.6. The largest absolute Gasteiger partial charge is 0.310 e. The number of hydrogen-bond acceptors (Lipinski definition) is 2. The predicted molar refractivity (Wildman–Crippen MR) is 225 cm³/mol. The number of benzene rings is 7. The molecule has 0 atom stereocenters. The van der Waals surface area contributed by atoms with Gasteiger partial charge in [0.25, 0.3) is 0 Å². The minimum absolute atomic E-state index is 0.0121. The Kier molecular flexibility index (Phi) is 8.37. The van der Waals surface area contributed by atoms with Crippen LogP contribution >= 0.6 is 0 Å². The summed E-state index contributed by atoms with van der Waals surface area (Å²) < 4.78 is 0. The first-order valence-corrected chi connectivity index (χ1v) is 18.6. The third-order valence-corrected chi connectivity index (χ3v) is 11.0. The van der Waals surface area contributed by atoms with E-state index in [9.17, 15) is 0 Å². The van der Waals surface area contributed by atoms with E-state index in [4.69, 9.17) is 0 Å². The first-order valence-electron chi connectivity index (χ1n) is 18.6. The molecule has 0 bridgehead atoms. The number of hydrogen-bond donors (Lipinski definition) is 0. The molecule has 0 heterocycles. The summed E-state index contributed by atoms with van der Waals surface area (Å²) in [6.07, 6.45) is 6.67. The van der Waals surface area contributed by atoms with Crippen molar-refractivity contribution in [2.24, 2.45) is 0 Å². The highest BCUT2D eigenvalue weighted by molar-refractivity contribution is 5.89. The third kappa shape index (κ3) is 6.07. The summed E-state index contributed by atoms with van der Waals surface area (Å²) in [7, 11) is 0. The van der Waals surface area contributed by atoms with Crippen molar-refractivity contribution in [1.29, 1.82) is 0 Å². The van der Waals surface area contributed by atoms with E-state index < -0.39 is 0 Å². The first kappa shape index (κ1) is 32.5. The van der Waals surface area contributed by atoms with Crippen molar-refractivity contribution in [2.45, 2.75) is 32.1 Å². The molecule has 2 heteroatoms. The van der Waals surface area contributed by atoms with Crippen molar-refractivity contribution in [3.8, 4) is 11.1 Å². The van der Waals surface area contributed by atoms with E-state index in [2.05, 4.69) is 218 Å². The van der Waals surface area contributed by atoms with Crippen molar-refractivity contribution < 1.29 is 0 Å². The van der Waals surface area contributed by atoms with Crippen molar-refractivity contribution >= 4 is 45.3 Å². The van der Waals surface area contributed by atoms with E-state index >= 15 is 0 Å². The van der Waals surface area contributed by atoms with E-state index in [1.807, 2.05) is 0 Å². The lowest BCUT2D eigenvalue weighted by Crippen LogP contribution is -2.15. The van der Waals surface area contributed by atoms with E-state index in [-0.39, 0.29) is 5.41 Å². The Morgan fingerprint density at radius 3 is 1.25 bits per heavy atom. The van der Waals surface area contributed by atoms with Crippen molar-refractivity contribution in [3.63, 3.8) is 0 Å². The second-order valence-electron chi connectivity index (χ2n) is 14.6. The Labute approximate surface area is 313 Å². The Hall–Kier alpha value is -6.38. The van der Waals surface area contributed by atoms with E-state index in [1.54, 1.807) is 0 Å². The SMILES string of the molecule is CC1(C)c2ccccc2-c2ccc(C3=CC=C(c4cc(N(c5ccccc5)c5ccccc5)cc(N(c5ccccc5)c5ccccc5)c4)CC3)cc21. The summed E-state index contributed by atoms with van der Waals surface area (Å²) >= 11 is 0. The van der Waals surface area contributed by atoms with Crippen LogP contribution in [0.15, 0.2) is 194 Å². The van der Waals surface area contributed by atoms with Crippen molar-refractivity contribution in [1.82, 2.24) is 0 Å². The molecular weight excluding hydrogens is 641 g/mol. The Morgan fingerprint density at radius 1 is 0.358 bits per heavy atom. The summed E-state index contributed by atoms with van der Waals surface area (Å²) in [5.74, 6) is 0. The molecule has 9 rings (SSSR count). The maximum absolute atomic E-state index is 2.45. The molecule has 0 amide bonds. The van der Waals surface area contributed by atoms with Gasteiger partial charge in [-0.15, -0.1) is 0 Å². The molecule has 0 radical (unpaired) electrons. The quantitative estimate of drug-likeness (QED) is 0.157. The van der Waals surface area contributed by atoms with Gasteiger partial charge in [-0.1, -0.05) is 135 Å². The van der Waals surface area contributed by atoms with Crippen LogP contribution < -0.4 is 9.80 Å². The fourth-order valence-corrected chi connectivity index (χ4v) is 8.26. The molecule has 0 saturated carbocycles. The number of para-hydroxylation sites is 4. The highest BCUT2D eigenvalue weighted by Gasteiger charge is 2.35. The highest BCUT2D eigenvalue weighted by Crippen LogP contribution is 2.50. The van der Waals surface area contributed by atoms with Gasteiger partial charge in [-0.3, -0.25) is 0 Å². The molecule has 2 aliphatic rings. The monoisotopic (exact) mass is 682 g/mol. The molecule has 2 aliphatic carbocycles. The van der Waals surface area contributed by atoms with Gasteiger partial charge in [0.2, 0.25) is 0 Å². The van der Waals surface area contributed by atoms with Gasteiger partial charge < -0.3 is 9.80 Å². The van der Waals surface area contributed by atoms with Crippen LogP contribution in [0.5, 0.6) is 0 Å². The molecule has 256 valence electrons. The summed E-state index contributed by atoms with van der Waals surface area (Å²) in [6, 6.07) is 65.9. The van der Waals surface area contributed by atoms with Crippen LogP contribution in [0, 0.1) is 0 Å². The Bertz CT molecular complexity index is 2280. The minimum atomic E-state index is -0.0121. The molecule has 0 aromatic heterocycles. The van der Waals surface area contributed by atoms with Gasteiger partial charge in [0.1, 0.15) is 0 Å². The predicted octanol–water partition coefficient (Wildman–Crippen LogP) is 14.2. The molecule has 0 saturated heterocycles. The molecule has 7 aromatic rings. The van der Waals surface area contributed by atoms with Crippen LogP contribution in [0.4, 0.5) is 34.1 Å². The van der Waals surface area contributed by atoms with Crippen LogP contribution in [0.1, 0.15) is 48.9 Å². The number of nitrogens with zero attached hydrogens (tertiary/aromatic N) is 2. The zero-order chi connectivity index (χ0) is 35.8. The van der Waals surface area contributed by atoms with Crippen LogP contribution in [0.3, 0.4) is 0 Å². The smallest absolute Gasteiger partial charge is 0.0488 e. The van der Waals surface area contributed by atoms with Crippen molar-refractivity contribution in [3.05, 3.63) is 216 Å². The molecule has 0 spiro atoms. The Balaban J connectivity index is 1.17. The molecular formula is C51H42N2. The maximum Gasteiger partial charge on any atom is 0.0488 e. The zero-order valence-corrected chi connectivity index (χ0v) is 30.3. The van der Waals surface area contributed by atoms with Gasteiger partial charge >= 0.3 is 0 Å². The van der Waals surface area contributed by atoms with Gasteiger partial charge in [-0.25, -0.2) is 0 Å². The standard InChI is InChI=1S/C51H42N2/c1-51(2)49-26-16-15-25-47(49)48-32-31-39(35-50(48)51)37-27-29-38(30-28-37)40-33-45(52(41-17-7-3-8-18-41)42-19-9-4-10-20-42)36-46(34-40)53(43-21-11-5-12-22-43)44-23-13-6-14-24-44/h3-27,29,31-36H,28,30H2,1-2H3. The maximum atomic E-state index is 2.45. The third-order valence-electron chi connectivity index (χ3n) is 11.0. The van der Waals surface area contributed by atoms with E-state index in [1.165, 1.54) is 44.5 Å². The topological polar surface area (TPSA) is 6.48 Å². The van der Waals surface area contributed by atoms with Crippen LogP contribution in [-0.2, 0) is 5.41 Å². The van der Waals surface area contributed by atoms with Gasteiger partial charge in [-0.05, 0) is 130 Å². The lowest BCUT2D eigenvalue weighted by molar-refractivity contribution is 0.660. The number of fused-ring (bicyclic) bond motifs is 3. The van der Waals surface area contributed by atoms with Gasteiger partial charge in [0.05, 0.1) is 0 Å². The molecule has 53 heavy (non-hydrogen) atoms. The van der Waals surface area contributed by atoms with E-state index in [0.717, 1.165) is 47.0 Å². The molecule has 0 fully saturated rings. The normalized spacial score (nSPS) is 14.1. The fourth-order valence-electron chi connectivity index (χ4n) is 8.26. The van der Waals surface area contributed by atoms with Crippen LogP contribution in [0.25, 0.3) is 22.3 Å². The zero-order valence-electron chi connectivity index (χ0n) is 30.3. The summed E-state index contributed by atoms with van der Waals surface area (Å²) in [4.78, 5) is 4.74. The summed E-state index contributed by atoms with van der Waals surface area (Å²) in [6.45, 7) is 4.73. The minimum Gasteiger partial charge on any atom is -0.310 e. The second-order valence-corrected chi connectivity index (χ2v) is 14.6. The van der Waals surface area contributed by atoms with Gasteiger partial charge in [0.15, 0.2) is 0 Å². The first-order chi connectivity index (χ1) is 26.0. The van der Waals surface area contributed by atoms with Gasteiger partial charge in [-0.2, -0.15) is 0 Å². The molecule has 7 aromatic carbocycles. The molecule has 2 nitrogen and oxygen atoms in total. The fraction of sp³-hybridized carbons (Fsp3) is 0.0980. The lowest BCUT2D eigenvalue weighted by Gasteiger charge is -2.30. The number of allylic oxidation sites excluding steroid dienone is 4. The van der Waals surface area contributed by atoms with Gasteiger partial charge in [0, 0.05) is 39.5 Å². The average molecular weight is 683 g/mol. The van der Waals surface area contributed by atoms with Crippen LogP contribution in [0.2, 0.25) is 0 Å². The average Bonchev–Trinajstić information content (AvgIpc) is 3.45. The van der Waals surface area contributed by atoms with E-state index in [0.29, 0.717) is 0 Å². The number of rotatable bonds is 8. The molecule has 0 N–H and O–H groups in total. The summed E-state index contributed by atoms with van der Waals surface area (Å²) in [5, 5.41) is 0. The highest BCUT2D eigenvalue weighted by atomic mass is 15.2. The molecule has 0 aliphatic heterocycles. The number of anilines is 6.